The molecule has 6 heteroatoms. The normalized spacial score (nSPS) is 11.8. The Balaban J connectivity index is 1.17. The van der Waals surface area contributed by atoms with Crippen LogP contribution >= 0.6 is 0 Å². The van der Waals surface area contributed by atoms with E-state index < -0.39 is 0 Å². The Morgan fingerprint density at radius 2 is 0.936 bits per heavy atom. The van der Waals surface area contributed by atoms with Crippen LogP contribution in [0.5, 0.6) is 0 Å². The Kier molecular flexibility index (Phi) is 6.35. The molecule has 0 N–H and O–H groups in total. The molecular formula is C41H26N6. The van der Waals surface area contributed by atoms with E-state index >= 15 is 0 Å². The number of rotatable bonds is 5. The fourth-order valence-corrected chi connectivity index (χ4v) is 6.32. The minimum Gasteiger partial charge on any atom is -0.294 e. The van der Waals surface area contributed by atoms with Gasteiger partial charge in [0, 0.05) is 27.9 Å². The van der Waals surface area contributed by atoms with Crippen molar-refractivity contribution >= 4 is 28.1 Å². The third-order valence-electron chi connectivity index (χ3n) is 8.56. The molecule has 9 rings (SSSR count). The fraction of sp³-hybridized carbons (Fsp3) is 0. The van der Waals surface area contributed by atoms with Crippen molar-refractivity contribution in [1.29, 1.82) is 0 Å². The largest absolute Gasteiger partial charge is 0.294 e. The van der Waals surface area contributed by atoms with E-state index in [1.54, 1.807) is 6.33 Å². The Morgan fingerprint density at radius 3 is 1.55 bits per heavy atom. The number of anilines is 3. The van der Waals surface area contributed by atoms with Crippen LogP contribution < -0.4 is 4.90 Å². The number of hydrogen-bond acceptors (Lipinski definition) is 6. The summed E-state index contributed by atoms with van der Waals surface area (Å²) < 4.78 is 0. The van der Waals surface area contributed by atoms with Gasteiger partial charge in [-0.3, -0.25) is 4.90 Å². The molecule has 6 nitrogen and oxygen atoms in total. The van der Waals surface area contributed by atoms with E-state index in [2.05, 4.69) is 89.8 Å². The maximum atomic E-state index is 4.92. The van der Waals surface area contributed by atoms with E-state index in [0.29, 0.717) is 17.5 Å². The van der Waals surface area contributed by atoms with Crippen LogP contribution in [-0.4, -0.2) is 24.9 Å². The van der Waals surface area contributed by atoms with Gasteiger partial charge in [-0.15, -0.1) is 0 Å². The predicted octanol–water partition coefficient (Wildman–Crippen LogP) is 9.93. The van der Waals surface area contributed by atoms with E-state index in [4.69, 9.17) is 24.9 Å². The van der Waals surface area contributed by atoms with Gasteiger partial charge < -0.3 is 0 Å². The van der Waals surface area contributed by atoms with Crippen molar-refractivity contribution in [3.8, 4) is 56.4 Å². The van der Waals surface area contributed by atoms with Crippen LogP contribution in [0.1, 0.15) is 0 Å². The SMILES string of the molecule is c1ccc(-c2cc3c4c(ncnc4c2)N(c2ccc(-c4nc(-c5ccccc5)nc(-c5ccccc5)n4)cc2)c2ccccc2-3)cc1. The summed E-state index contributed by atoms with van der Waals surface area (Å²) in [6.07, 6.45) is 1.66. The quantitative estimate of drug-likeness (QED) is 0.195. The van der Waals surface area contributed by atoms with E-state index in [1.807, 2.05) is 66.7 Å². The molecule has 47 heavy (non-hydrogen) atoms. The van der Waals surface area contributed by atoms with Gasteiger partial charge in [0.2, 0.25) is 0 Å². The second kappa shape index (κ2) is 11.1. The Hall–Kier alpha value is -6.53. The topological polar surface area (TPSA) is 67.7 Å². The van der Waals surface area contributed by atoms with Crippen molar-refractivity contribution in [1.82, 2.24) is 24.9 Å². The average molecular weight is 603 g/mol. The first kappa shape index (κ1) is 26.8. The molecule has 1 aliphatic heterocycles. The summed E-state index contributed by atoms with van der Waals surface area (Å²) in [4.78, 5) is 26.5. The van der Waals surface area contributed by atoms with E-state index in [0.717, 1.165) is 67.0 Å². The van der Waals surface area contributed by atoms with Gasteiger partial charge in [-0.05, 0) is 59.2 Å². The van der Waals surface area contributed by atoms with Crippen LogP contribution in [0.2, 0.25) is 0 Å². The van der Waals surface area contributed by atoms with Crippen LogP contribution in [0.15, 0.2) is 158 Å². The molecular weight excluding hydrogens is 576 g/mol. The first-order valence-electron chi connectivity index (χ1n) is 15.5. The molecule has 0 saturated carbocycles. The van der Waals surface area contributed by atoms with Gasteiger partial charge in [0.05, 0.1) is 16.6 Å². The minimum absolute atomic E-state index is 0.617. The molecule has 0 fully saturated rings. The Bertz CT molecular complexity index is 2340. The van der Waals surface area contributed by atoms with Gasteiger partial charge in [-0.1, -0.05) is 109 Å². The molecule has 3 heterocycles. The molecule has 0 saturated heterocycles. The standard InChI is InChI=1S/C41H26N6/c1-4-12-27(13-5-1)31-24-34-33-18-10-11-19-36(33)47(41-37(34)35(25-31)42-26-43-41)32-22-20-30(21-23-32)40-45-38(28-14-6-2-7-15-28)44-39(46-40)29-16-8-3-9-17-29/h1-26H. The monoisotopic (exact) mass is 602 g/mol. The lowest BCUT2D eigenvalue weighted by Crippen LogP contribution is -2.16. The molecule has 1 aliphatic rings. The number of para-hydroxylation sites is 1. The maximum Gasteiger partial charge on any atom is 0.164 e. The molecule has 220 valence electrons. The summed E-state index contributed by atoms with van der Waals surface area (Å²) in [7, 11) is 0. The Labute approximate surface area is 271 Å². The number of nitrogens with zero attached hydrogens (tertiary/aromatic N) is 6. The summed E-state index contributed by atoms with van der Waals surface area (Å²) in [6, 6.07) is 51.8. The molecule has 0 unspecified atom stereocenters. The lowest BCUT2D eigenvalue weighted by molar-refractivity contribution is 1.07. The molecule has 0 aliphatic carbocycles. The molecule has 2 aromatic heterocycles. The van der Waals surface area contributed by atoms with E-state index in [1.165, 1.54) is 0 Å². The molecule has 0 bridgehead atoms. The van der Waals surface area contributed by atoms with Gasteiger partial charge in [-0.25, -0.2) is 24.9 Å². The van der Waals surface area contributed by atoms with E-state index in [-0.39, 0.29) is 0 Å². The van der Waals surface area contributed by atoms with Crippen molar-refractivity contribution in [2.24, 2.45) is 0 Å². The number of benzene rings is 6. The summed E-state index contributed by atoms with van der Waals surface area (Å²) in [6.45, 7) is 0. The number of aromatic nitrogens is 5. The van der Waals surface area contributed by atoms with Crippen molar-refractivity contribution in [3.05, 3.63) is 158 Å². The fourth-order valence-electron chi connectivity index (χ4n) is 6.32. The van der Waals surface area contributed by atoms with Crippen LogP contribution in [0, 0.1) is 0 Å². The highest BCUT2D eigenvalue weighted by Crippen LogP contribution is 2.50. The van der Waals surface area contributed by atoms with Gasteiger partial charge in [0.25, 0.3) is 0 Å². The van der Waals surface area contributed by atoms with Crippen molar-refractivity contribution < 1.29 is 0 Å². The Morgan fingerprint density at radius 1 is 0.404 bits per heavy atom. The highest BCUT2D eigenvalue weighted by molar-refractivity contribution is 6.12. The second-order valence-electron chi connectivity index (χ2n) is 11.4. The first-order valence-corrected chi connectivity index (χ1v) is 15.5. The van der Waals surface area contributed by atoms with Crippen LogP contribution in [0.4, 0.5) is 17.2 Å². The van der Waals surface area contributed by atoms with Gasteiger partial charge >= 0.3 is 0 Å². The third kappa shape index (κ3) is 4.71. The zero-order valence-corrected chi connectivity index (χ0v) is 25.2. The highest BCUT2D eigenvalue weighted by atomic mass is 15.2. The van der Waals surface area contributed by atoms with Gasteiger partial charge in [0.15, 0.2) is 17.5 Å². The second-order valence-corrected chi connectivity index (χ2v) is 11.4. The number of hydrogen-bond donors (Lipinski definition) is 0. The van der Waals surface area contributed by atoms with Gasteiger partial charge in [0.1, 0.15) is 12.1 Å². The zero-order valence-electron chi connectivity index (χ0n) is 25.2. The first-order chi connectivity index (χ1) is 23.3. The molecule has 6 aromatic carbocycles. The lowest BCUT2D eigenvalue weighted by Gasteiger charge is -2.32. The average Bonchev–Trinajstić information content (AvgIpc) is 3.16. The van der Waals surface area contributed by atoms with Crippen LogP contribution in [0.25, 0.3) is 67.3 Å². The summed E-state index contributed by atoms with van der Waals surface area (Å²) in [5.41, 5.74) is 10.3. The maximum absolute atomic E-state index is 4.92. The summed E-state index contributed by atoms with van der Waals surface area (Å²) in [5.74, 6) is 2.75. The molecule has 0 atom stereocenters. The van der Waals surface area contributed by atoms with E-state index in [9.17, 15) is 0 Å². The minimum atomic E-state index is 0.617. The zero-order chi connectivity index (χ0) is 31.2. The van der Waals surface area contributed by atoms with Crippen LogP contribution in [0.3, 0.4) is 0 Å². The van der Waals surface area contributed by atoms with Crippen molar-refractivity contribution in [2.75, 3.05) is 4.90 Å². The summed E-state index contributed by atoms with van der Waals surface area (Å²) in [5, 5.41) is 1.03. The molecule has 8 aromatic rings. The van der Waals surface area contributed by atoms with Crippen molar-refractivity contribution in [3.63, 3.8) is 0 Å². The van der Waals surface area contributed by atoms with Crippen LogP contribution in [-0.2, 0) is 0 Å². The van der Waals surface area contributed by atoms with Gasteiger partial charge in [-0.2, -0.15) is 0 Å². The molecule has 0 spiro atoms. The number of fused-ring (bicyclic) bond motifs is 2. The van der Waals surface area contributed by atoms with Crippen molar-refractivity contribution in [2.45, 2.75) is 0 Å². The highest BCUT2D eigenvalue weighted by Gasteiger charge is 2.28. The summed E-state index contributed by atoms with van der Waals surface area (Å²) >= 11 is 0. The smallest absolute Gasteiger partial charge is 0.164 e. The lowest BCUT2D eigenvalue weighted by atomic mass is 9.91. The molecule has 0 radical (unpaired) electrons. The third-order valence-corrected chi connectivity index (χ3v) is 8.56. The molecule has 0 amide bonds. The predicted molar refractivity (Wildman–Crippen MR) is 188 cm³/mol.